The van der Waals surface area contributed by atoms with E-state index in [4.69, 9.17) is 0 Å². The topological polar surface area (TPSA) is 0 Å². The second-order valence-electron chi connectivity index (χ2n) is 4.62. The van der Waals surface area contributed by atoms with E-state index in [1.165, 1.54) is 27.8 Å². The third kappa shape index (κ3) is 1.13. The van der Waals surface area contributed by atoms with Crippen molar-refractivity contribution >= 4 is 5.57 Å². The van der Waals surface area contributed by atoms with Crippen LogP contribution in [0.1, 0.15) is 17.0 Å². The van der Waals surface area contributed by atoms with E-state index >= 15 is 0 Å². The van der Waals surface area contributed by atoms with Gasteiger partial charge in [-0.05, 0) is 27.8 Å². The SMILES string of the molecule is C1=CC2C3=C(/C=C/C=C\C=C\13)c1ccccc12. The summed E-state index contributed by atoms with van der Waals surface area (Å²) in [5, 5.41) is 0. The maximum atomic E-state index is 2.32. The average Bonchev–Trinajstić information content (AvgIpc) is 2.84. The molecule has 3 aliphatic carbocycles. The highest BCUT2D eigenvalue weighted by atomic mass is 14.4. The molecule has 0 spiro atoms. The molecule has 1 unspecified atom stereocenters. The zero-order valence-corrected chi connectivity index (χ0v) is 9.43. The maximum absolute atomic E-state index is 2.32. The smallest absolute Gasteiger partial charge is 0.0291 e. The molecule has 0 heterocycles. The Hall–Kier alpha value is -2.08. The number of hydrogen-bond acceptors (Lipinski definition) is 0. The molecule has 0 aromatic heterocycles. The van der Waals surface area contributed by atoms with E-state index in [1.54, 1.807) is 0 Å². The molecule has 0 fully saturated rings. The summed E-state index contributed by atoms with van der Waals surface area (Å²) in [6, 6.07) is 8.75. The molecule has 0 N–H and O–H groups in total. The average molecular weight is 216 g/mol. The van der Waals surface area contributed by atoms with Gasteiger partial charge in [0.2, 0.25) is 0 Å². The van der Waals surface area contributed by atoms with Crippen molar-refractivity contribution in [1.82, 2.24) is 0 Å². The van der Waals surface area contributed by atoms with Gasteiger partial charge in [-0.15, -0.1) is 0 Å². The second-order valence-corrected chi connectivity index (χ2v) is 4.62. The van der Waals surface area contributed by atoms with Crippen molar-refractivity contribution in [2.75, 3.05) is 0 Å². The zero-order valence-electron chi connectivity index (χ0n) is 9.43. The van der Waals surface area contributed by atoms with Gasteiger partial charge >= 0.3 is 0 Å². The summed E-state index contributed by atoms with van der Waals surface area (Å²) < 4.78 is 0. The van der Waals surface area contributed by atoms with Gasteiger partial charge in [0.15, 0.2) is 0 Å². The lowest BCUT2D eigenvalue weighted by atomic mass is 9.97. The zero-order chi connectivity index (χ0) is 11.2. The van der Waals surface area contributed by atoms with Crippen LogP contribution >= 0.6 is 0 Å². The van der Waals surface area contributed by atoms with E-state index in [-0.39, 0.29) is 0 Å². The summed E-state index contributed by atoms with van der Waals surface area (Å²) >= 11 is 0. The number of hydrogen-bond donors (Lipinski definition) is 0. The quantitative estimate of drug-likeness (QED) is 0.611. The van der Waals surface area contributed by atoms with Crippen LogP contribution in [0.15, 0.2) is 77.9 Å². The van der Waals surface area contributed by atoms with Crippen LogP contribution in [0, 0.1) is 0 Å². The van der Waals surface area contributed by atoms with E-state index in [1.807, 2.05) is 0 Å². The van der Waals surface area contributed by atoms with Gasteiger partial charge in [-0.3, -0.25) is 0 Å². The van der Waals surface area contributed by atoms with Gasteiger partial charge in [-0.1, -0.05) is 66.8 Å². The van der Waals surface area contributed by atoms with E-state index < -0.39 is 0 Å². The van der Waals surface area contributed by atoms with Gasteiger partial charge in [0.25, 0.3) is 0 Å². The minimum atomic E-state index is 0.476. The molecule has 0 nitrogen and oxygen atoms in total. The summed E-state index contributed by atoms with van der Waals surface area (Å²) in [6.45, 7) is 0. The fraction of sp³-hybridized carbons (Fsp3) is 0.0588. The molecule has 4 rings (SSSR count). The van der Waals surface area contributed by atoms with Crippen molar-refractivity contribution in [3.05, 3.63) is 89.1 Å². The normalized spacial score (nSPS) is 30.1. The first-order chi connectivity index (χ1) is 8.45. The Kier molecular flexibility index (Phi) is 1.70. The lowest BCUT2D eigenvalue weighted by Gasteiger charge is -2.06. The minimum Gasteiger partial charge on any atom is -0.0720 e. The van der Waals surface area contributed by atoms with E-state index in [9.17, 15) is 0 Å². The third-order valence-corrected chi connectivity index (χ3v) is 3.73. The molecular weight excluding hydrogens is 204 g/mol. The monoisotopic (exact) mass is 216 g/mol. The maximum Gasteiger partial charge on any atom is 0.0291 e. The number of fused-ring (bicyclic) bond motifs is 3. The Balaban J connectivity index is 2.05. The first-order valence-electron chi connectivity index (χ1n) is 6.02. The predicted octanol–water partition coefficient (Wildman–Crippen LogP) is 4.16. The molecule has 0 bridgehead atoms. The highest BCUT2D eigenvalue weighted by molar-refractivity contribution is 5.90. The molecule has 0 aliphatic heterocycles. The summed E-state index contributed by atoms with van der Waals surface area (Å²) in [4.78, 5) is 0. The van der Waals surface area contributed by atoms with Crippen LogP contribution in [0.4, 0.5) is 0 Å². The van der Waals surface area contributed by atoms with Crippen LogP contribution in [-0.4, -0.2) is 0 Å². The standard InChI is InChI=1S/C17H12/c1-2-6-12-10-11-16-14-8-5-4-7-13(14)15(9-3-1)17(12)16/h1-11,16H/b2-1-,3-1?,6-2?,9-3+,12-6-,15-9?. The summed E-state index contributed by atoms with van der Waals surface area (Å²) in [6.07, 6.45) is 15.4. The predicted molar refractivity (Wildman–Crippen MR) is 71.6 cm³/mol. The van der Waals surface area contributed by atoms with Crippen molar-refractivity contribution in [2.24, 2.45) is 0 Å². The van der Waals surface area contributed by atoms with Gasteiger partial charge < -0.3 is 0 Å². The molecule has 0 amide bonds. The van der Waals surface area contributed by atoms with Gasteiger partial charge in [0.05, 0.1) is 0 Å². The molecule has 1 atom stereocenters. The Labute approximate surface area is 101 Å². The van der Waals surface area contributed by atoms with E-state index in [0.29, 0.717) is 5.92 Å². The lowest BCUT2D eigenvalue weighted by molar-refractivity contribution is 1.08. The van der Waals surface area contributed by atoms with Crippen molar-refractivity contribution in [3.63, 3.8) is 0 Å². The molecule has 1 aromatic carbocycles. The summed E-state index contributed by atoms with van der Waals surface area (Å²) in [7, 11) is 0. The first-order valence-corrected chi connectivity index (χ1v) is 6.02. The second kappa shape index (κ2) is 3.21. The molecular formula is C17H12. The highest BCUT2D eigenvalue weighted by Crippen LogP contribution is 2.50. The fourth-order valence-electron chi connectivity index (χ4n) is 3.01. The van der Waals surface area contributed by atoms with Crippen LogP contribution in [-0.2, 0) is 0 Å². The molecule has 1 aromatic rings. The van der Waals surface area contributed by atoms with Gasteiger partial charge in [0.1, 0.15) is 0 Å². The van der Waals surface area contributed by atoms with Gasteiger partial charge in [-0.25, -0.2) is 0 Å². The molecule has 0 saturated carbocycles. The first kappa shape index (κ1) is 9.00. The number of rotatable bonds is 0. The Morgan fingerprint density at radius 2 is 1.82 bits per heavy atom. The van der Waals surface area contributed by atoms with Gasteiger partial charge in [-0.2, -0.15) is 0 Å². The molecule has 0 radical (unpaired) electrons. The largest absolute Gasteiger partial charge is 0.0720 e. The molecule has 17 heavy (non-hydrogen) atoms. The third-order valence-electron chi connectivity index (χ3n) is 3.73. The number of benzene rings is 1. The Morgan fingerprint density at radius 3 is 2.82 bits per heavy atom. The van der Waals surface area contributed by atoms with Crippen molar-refractivity contribution in [2.45, 2.75) is 5.92 Å². The fourth-order valence-corrected chi connectivity index (χ4v) is 3.01. The van der Waals surface area contributed by atoms with Crippen LogP contribution in [0.25, 0.3) is 5.57 Å². The van der Waals surface area contributed by atoms with Crippen molar-refractivity contribution in [3.8, 4) is 0 Å². The Bertz CT molecular complexity index is 648. The molecule has 0 saturated heterocycles. The summed E-state index contributed by atoms with van der Waals surface area (Å²) in [5.41, 5.74) is 7.08. The minimum absolute atomic E-state index is 0.476. The van der Waals surface area contributed by atoms with E-state index in [2.05, 4.69) is 66.8 Å². The van der Waals surface area contributed by atoms with Crippen LogP contribution < -0.4 is 0 Å². The summed E-state index contributed by atoms with van der Waals surface area (Å²) in [5.74, 6) is 0.476. The number of allylic oxidation sites excluding steroid dienone is 10. The van der Waals surface area contributed by atoms with Crippen LogP contribution in [0.2, 0.25) is 0 Å². The van der Waals surface area contributed by atoms with Crippen molar-refractivity contribution in [1.29, 1.82) is 0 Å². The van der Waals surface area contributed by atoms with E-state index in [0.717, 1.165) is 0 Å². The van der Waals surface area contributed by atoms with Crippen molar-refractivity contribution < 1.29 is 0 Å². The lowest BCUT2D eigenvalue weighted by Crippen LogP contribution is -1.90. The molecule has 0 heteroatoms. The van der Waals surface area contributed by atoms with Gasteiger partial charge in [0, 0.05) is 5.92 Å². The van der Waals surface area contributed by atoms with Crippen LogP contribution in [0.3, 0.4) is 0 Å². The van der Waals surface area contributed by atoms with Crippen LogP contribution in [0.5, 0.6) is 0 Å². The Morgan fingerprint density at radius 1 is 0.882 bits per heavy atom. The molecule has 80 valence electrons. The highest BCUT2D eigenvalue weighted by Gasteiger charge is 2.32. The molecule has 3 aliphatic rings.